The van der Waals surface area contributed by atoms with Crippen LogP contribution in [0, 0.1) is 0 Å². The van der Waals surface area contributed by atoms with E-state index in [0.717, 1.165) is 12.6 Å². The monoisotopic (exact) mass is 288 g/mol. The summed E-state index contributed by atoms with van der Waals surface area (Å²) >= 11 is 0. The molecule has 2 rings (SSSR count). The van der Waals surface area contributed by atoms with Gasteiger partial charge in [0, 0.05) is 18.1 Å². The van der Waals surface area contributed by atoms with Crippen molar-refractivity contribution in [1.82, 2.24) is 10.2 Å². The van der Waals surface area contributed by atoms with Gasteiger partial charge in [0.1, 0.15) is 0 Å². The molecule has 0 heterocycles. The van der Waals surface area contributed by atoms with E-state index in [1.807, 2.05) is 0 Å². The molecule has 1 aliphatic carbocycles. The van der Waals surface area contributed by atoms with Gasteiger partial charge in [-0.2, -0.15) is 0 Å². The standard InChI is InChI=1S/C19H32N2/c1-4-14-20-19(16-10-8-7-9-11-16)18(6-3)21(15-5-2)17-12-13-17/h7-11,17-20H,4-6,12-15H2,1-3H3. The van der Waals surface area contributed by atoms with E-state index in [4.69, 9.17) is 0 Å². The number of hydrogen-bond acceptors (Lipinski definition) is 2. The van der Waals surface area contributed by atoms with Crippen LogP contribution in [0.1, 0.15) is 64.5 Å². The zero-order valence-corrected chi connectivity index (χ0v) is 14.0. The summed E-state index contributed by atoms with van der Waals surface area (Å²) in [5.74, 6) is 0. The second-order valence-electron chi connectivity index (χ2n) is 6.29. The second-order valence-corrected chi connectivity index (χ2v) is 6.29. The lowest BCUT2D eigenvalue weighted by molar-refractivity contribution is 0.142. The van der Waals surface area contributed by atoms with Gasteiger partial charge in [0.05, 0.1) is 0 Å². The van der Waals surface area contributed by atoms with Crippen LogP contribution >= 0.6 is 0 Å². The Balaban J connectivity index is 2.18. The van der Waals surface area contributed by atoms with Crippen molar-refractivity contribution < 1.29 is 0 Å². The van der Waals surface area contributed by atoms with Gasteiger partial charge in [0.2, 0.25) is 0 Å². The fourth-order valence-electron chi connectivity index (χ4n) is 3.38. The van der Waals surface area contributed by atoms with Crippen LogP contribution < -0.4 is 5.32 Å². The third-order valence-corrected chi connectivity index (χ3v) is 4.50. The predicted molar refractivity (Wildman–Crippen MR) is 91.6 cm³/mol. The van der Waals surface area contributed by atoms with Crippen molar-refractivity contribution in [2.24, 2.45) is 0 Å². The van der Waals surface area contributed by atoms with Gasteiger partial charge >= 0.3 is 0 Å². The van der Waals surface area contributed by atoms with Gasteiger partial charge < -0.3 is 5.32 Å². The summed E-state index contributed by atoms with van der Waals surface area (Å²) in [7, 11) is 0. The van der Waals surface area contributed by atoms with Crippen LogP contribution in [0.3, 0.4) is 0 Å². The number of hydrogen-bond donors (Lipinski definition) is 1. The molecule has 0 saturated heterocycles. The zero-order chi connectivity index (χ0) is 15.1. The van der Waals surface area contributed by atoms with Crippen molar-refractivity contribution in [2.45, 2.75) is 71.0 Å². The Bertz CT molecular complexity index is 386. The second kappa shape index (κ2) is 8.55. The van der Waals surface area contributed by atoms with E-state index >= 15 is 0 Å². The fraction of sp³-hybridized carbons (Fsp3) is 0.684. The van der Waals surface area contributed by atoms with Gasteiger partial charge in [-0.15, -0.1) is 0 Å². The smallest absolute Gasteiger partial charge is 0.0478 e. The summed E-state index contributed by atoms with van der Waals surface area (Å²) in [6, 6.07) is 12.9. The van der Waals surface area contributed by atoms with E-state index in [1.165, 1.54) is 44.2 Å². The van der Waals surface area contributed by atoms with Gasteiger partial charge in [-0.1, -0.05) is 51.1 Å². The van der Waals surface area contributed by atoms with Crippen LogP contribution in [0.2, 0.25) is 0 Å². The van der Waals surface area contributed by atoms with E-state index in [-0.39, 0.29) is 0 Å². The summed E-state index contributed by atoms with van der Waals surface area (Å²) in [5.41, 5.74) is 1.44. The molecule has 1 aromatic rings. The molecule has 21 heavy (non-hydrogen) atoms. The highest BCUT2D eigenvalue weighted by atomic mass is 15.2. The topological polar surface area (TPSA) is 15.3 Å². The Hall–Kier alpha value is -0.860. The van der Waals surface area contributed by atoms with Crippen molar-refractivity contribution in [3.63, 3.8) is 0 Å². The Kier molecular flexibility index (Phi) is 6.72. The molecule has 1 aromatic carbocycles. The van der Waals surface area contributed by atoms with Gasteiger partial charge in [0.15, 0.2) is 0 Å². The first kappa shape index (κ1) is 16.5. The summed E-state index contributed by atoms with van der Waals surface area (Å²) < 4.78 is 0. The maximum atomic E-state index is 3.82. The number of nitrogens with zero attached hydrogens (tertiary/aromatic N) is 1. The molecule has 2 unspecified atom stereocenters. The Morgan fingerprint density at radius 1 is 1.10 bits per heavy atom. The molecule has 0 aromatic heterocycles. The Labute approximate surface area is 130 Å². The number of benzene rings is 1. The lowest BCUT2D eigenvalue weighted by Gasteiger charge is -2.37. The van der Waals surface area contributed by atoms with Crippen molar-refractivity contribution in [1.29, 1.82) is 0 Å². The van der Waals surface area contributed by atoms with Crippen LogP contribution in [0.5, 0.6) is 0 Å². The van der Waals surface area contributed by atoms with Crippen LogP contribution in [0.15, 0.2) is 30.3 Å². The minimum atomic E-state index is 0.461. The Morgan fingerprint density at radius 2 is 1.81 bits per heavy atom. The average molecular weight is 288 g/mol. The molecule has 1 saturated carbocycles. The molecule has 0 amide bonds. The minimum Gasteiger partial charge on any atom is -0.309 e. The third-order valence-electron chi connectivity index (χ3n) is 4.50. The molecular weight excluding hydrogens is 256 g/mol. The van der Waals surface area contributed by atoms with Gasteiger partial charge in [0.25, 0.3) is 0 Å². The molecule has 0 aliphatic heterocycles. The first-order valence-electron chi connectivity index (χ1n) is 8.85. The fourth-order valence-corrected chi connectivity index (χ4v) is 3.38. The molecule has 1 aliphatic rings. The molecular formula is C19H32N2. The predicted octanol–water partition coefficient (Wildman–Crippen LogP) is 4.38. The molecule has 0 radical (unpaired) electrons. The molecule has 2 atom stereocenters. The summed E-state index contributed by atoms with van der Waals surface area (Å²) in [6.07, 6.45) is 6.45. The van der Waals surface area contributed by atoms with Gasteiger partial charge in [-0.25, -0.2) is 0 Å². The van der Waals surface area contributed by atoms with Gasteiger partial charge in [-0.3, -0.25) is 4.90 Å². The lowest BCUT2D eigenvalue weighted by atomic mass is 9.95. The maximum absolute atomic E-state index is 3.82. The van der Waals surface area contributed by atoms with Crippen LogP contribution in [0.25, 0.3) is 0 Å². The van der Waals surface area contributed by atoms with Crippen LogP contribution in [-0.2, 0) is 0 Å². The normalized spacial score (nSPS) is 17.9. The van der Waals surface area contributed by atoms with E-state index in [1.54, 1.807) is 0 Å². The SMILES string of the molecule is CCCNC(c1ccccc1)C(CC)N(CCC)C1CC1. The summed E-state index contributed by atoms with van der Waals surface area (Å²) in [4.78, 5) is 2.78. The largest absolute Gasteiger partial charge is 0.309 e. The third kappa shape index (κ3) is 4.55. The number of rotatable bonds is 10. The Morgan fingerprint density at radius 3 is 2.33 bits per heavy atom. The van der Waals surface area contributed by atoms with Crippen molar-refractivity contribution in [3.8, 4) is 0 Å². The van der Waals surface area contributed by atoms with E-state index in [0.29, 0.717) is 12.1 Å². The van der Waals surface area contributed by atoms with Crippen molar-refractivity contribution in [2.75, 3.05) is 13.1 Å². The number of nitrogens with one attached hydrogen (secondary N) is 1. The highest BCUT2D eigenvalue weighted by Gasteiger charge is 2.36. The van der Waals surface area contributed by atoms with E-state index < -0.39 is 0 Å². The molecule has 0 bridgehead atoms. The van der Waals surface area contributed by atoms with Crippen molar-refractivity contribution >= 4 is 0 Å². The van der Waals surface area contributed by atoms with Crippen molar-refractivity contribution in [3.05, 3.63) is 35.9 Å². The van der Waals surface area contributed by atoms with E-state index in [2.05, 4.69) is 61.3 Å². The molecule has 118 valence electrons. The molecule has 2 heteroatoms. The van der Waals surface area contributed by atoms with Gasteiger partial charge in [-0.05, 0) is 50.8 Å². The maximum Gasteiger partial charge on any atom is 0.0478 e. The van der Waals surface area contributed by atoms with Crippen LogP contribution in [-0.4, -0.2) is 30.1 Å². The lowest BCUT2D eigenvalue weighted by Crippen LogP contribution is -2.46. The zero-order valence-electron chi connectivity index (χ0n) is 14.0. The molecule has 1 fully saturated rings. The molecule has 2 nitrogen and oxygen atoms in total. The van der Waals surface area contributed by atoms with E-state index in [9.17, 15) is 0 Å². The molecule has 1 N–H and O–H groups in total. The highest BCUT2D eigenvalue weighted by Crippen LogP contribution is 2.34. The highest BCUT2D eigenvalue weighted by molar-refractivity contribution is 5.21. The average Bonchev–Trinajstić information content (AvgIpc) is 3.35. The minimum absolute atomic E-state index is 0.461. The first-order chi connectivity index (χ1) is 10.3. The first-order valence-corrected chi connectivity index (χ1v) is 8.85. The van der Waals surface area contributed by atoms with Crippen LogP contribution in [0.4, 0.5) is 0 Å². The summed E-state index contributed by atoms with van der Waals surface area (Å²) in [6.45, 7) is 9.24. The molecule has 0 spiro atoms. The summed E-state index contributed by atoms with van der Waals surface area (Å²) in [5, 5.41) is 3.82. The quantitative estimate of drug-likeness (QED) is 0.687.